The summed E-state index contributed by atoms with van der Waals surface area (Å²) in [6.07, 6.45) is -3.58. The van der Waals surface area contributed by atoms with E-state index in [1.54, 1.807) is 50.4 Å². The van der Waals surface area contributed by atoms with Crippen molar-refractivity contribution >= 4 is 6.09 Å². The quantitative estimate of drug-likeness (QED) is 0.572. The Kier molecular flexibility index (Phi) is 5.26. The van der Waals surface area contributed by atoms with E-state index in [9.17, 15) is 18.0 Å². The number of aromatic nitrogens is 2. The number of hydrogen-bond donors (Lipinski definition) is 0. The van der Waals surface area contributed by atoms with E-state index >= 15 is 0 Å². The number of amides is 1. The molecular formula is C22H18F3N3O3. The van der Waals surface area contributed by atoms with E-state index in [1.807, 2.05) is 6.07 Å². The van der Waals surface area contributed by atoms with Crippen LogP contribution in [0.15, 0.2) is 48.7 Å². The summed E-state index contributed by atoms with van der Waals surface area (Å²) in [5.41, 5.74) is 3.36. The summed E-state index contributed by atoms with van der Waals surface area (Å²) in [7, 11) is 0. The maximum Gasteiger partial charge on any atom is 0.573 e. The minimum atomic E-state index is -4.74. The normalized spacial score (nSPS) is 13.6. The van der Waals surface area contributed by atoms with Gasteiger partial charge in [-0.1, -0.05) is 12.1 Å². The molecule has 0 bridgehead atoms. The van der Waals surface area contributed by atoms with E-state index in [2.05, 4.69) is 14.7 Å². The molecule has 0 aliphatic carbocycles. The zero-order valence-electron chi connectivity index (χ0n) is 16.7. The molecule has 0 unspecified atom stereocenters. The van der Waals surface area contributed by atoms with Gasteiger partial charge in [-0.05, 0) is 60.9 Å². The molecule has 4 rings (SSSR count). The third-order valence-electron chi connectivity index (χ3n) is 4.80. The third kappa shape index (κ3) is 4.76. The van der Waals surface area contributed by atoms with E-state index in [1.165, 1.54) is 11.0 Å². The Balaban J connectivity index is 1.57. The fraction of sp³-hybridized carbons (Fsp3) is 0.227. The maximum atomic E-state index is 12.5. The number of halogens is 3. The summed E-state index contributed by atoms with van der Waals surface area (Å²) >= 11 is 0. The van der Waals surface area contributed by atoms with Crippen LogP contribution in [-0.4, -0.2) is 27.3 Å². The van der Waals surface area contributed by atoms with Gasteiger partial charge in [0, 0.05) is 11.8 Å². The van der Waals surface area contributed by atoms with Crippen molar-refractivity contribution in [3.8, 4) is 22.6 Å². The van der Waals surface area contributed by atoms with Gasteiger partial charge in [0.25, 0.3) is 0 Å². The second kappa shape index (κ2) is 7.90. The van der Waals surface area contributed by atoms with E-state index in [4.69, 9.17) is 4.74 Å². The molecule has 1 amide bonds. The van der Waals surface area contributed by atoms with Crippen molar-refractivity contribution in [2.75, 3.05) is 0 Å². The molecule has 160 valence electrons. The Bertz CT molecular complexity index is 1150. The van der Waals surface area contributed by atoms with E-state index < -0.39 is 12.5 Å². The van der Waals surface area contributed by atoms with Crippen molar-refractivity contribution in [1.29, 1.82) is 0 Å². The summed E-state index contributed by atoms with van der Waals surface area (Å²) in [6.45, 7) is 3.91. The molecule has 0 radical (unpaired) electrons. The molecule has 0 saturated heterocycles. The van der Waals surface area contributed by atoms with Crippen LogP contribution in [-0.2, 0) is 13.1 Å². The van der Waals surface area contributed by atoms with Gasteiger partial charge in [0.1, 0.15) is 17.3 Å². The largest absolute Gasteiger partial charge is 0.573 e. The van der Waals surface area contributed by atoms with Crippen molar-refractivity contribution in [2.45, 2.75) is 33.3 Å². The van der Waals surface area contributed by atoms with Gasteiger partial charge in [0.2, 0.25) is 0 Å². The van der Waals surface area contributed by atoms with Gasteiger partial charge in [-0.3, -0.25) is 4.90 Å². The lowest BCUT2D eigenvalue weighted by atomic mass is 9.99. The van der Waals surface area contributed by atoms with Gasteiger partial charge < -0.3 is 9.47 Å². The number of ether oxygens (including phenoxy) is 2. The van der Waals surface area contributed by atoms with Crippen molar-refractivity contribution in [3.63, 3.8) is 0 Å². The van der Waals surface area contributed by atoms with Crippen LogP contribution in [0.2, 0.25) is 0 Å². The van der Waals surface area contributed by atoms with Gasteiger partial charge in [-0.2, -0.15) is 0 Å². The summed E-state index contributed by atoms with van der Waals surface area (Å²) < 4.78 is 47.0. The standard InChI is InChI=1S/C22H18F3N3O3/c1-13-9-15(3-5-19(13)31-22(23,24)25)16-4-6-20-17(10-16)11-28(21(29)30-20)12-18-7-8-26-14(2)27-18/h3-10H,11-12H2,1-2H3. The zero-order chi connectivity index (χ0) is 22.2. The number of carbonyl (C=O) groups is 1. The number of hydrogen-bond acceptors (Lipinski definition) is 5. The van der Waals surface area contributed by atoms with E-state index in [0.29, 0.717) is 29.4 Å². The molecule has 1 aromatic heterocycles. The fourth-order valence-corrected chi connectivity index (χ4v) is 3.39. The molecule has 3 aromatic rings. The first-order valence-electron chi connectivity index (χ1n) is 9.43. The third-order valence-corrected chi connectivity index (χ3v) is 4.80. The number of benzene rings is 2. The lowest BCUT2D eigenvalue weighted by Crippen LogP contribution is -2.36. The monoisotopic (exact) mass is 429 g/mol. The van der Waals surface area contributed by atoms with Crippen LogP contribution in [0.4, 0.5) is 18.0 Å². The van der Waals surface area contributed by atoms with Gasteiger partial charge in [-0.25, -0.2) is 14.8 Å². The summed E-state index contributed by atoms with van der Waals surface area (Å²) in [4.78, 5) is 22.2. The lowest BCUT2D eigenvalue weighted by Gasteiger charge is -2.28. The molecule has 0 atom stereocenters. The first-order valence-corrected chi connectivity index (χ1v) is 9.43. The Morgan fingerprint density at radius 3 is 2.55 bits per heavy atom. The van der Waals surface area contributed by atoms with Gasteiger partial charge in [-0.15, -0.1) is 13.2 Å². The molecule has 2 aromatic carbocycles. The fourth-order valence-electron chi connectivity index (χ4n) is 3.39. The molecule has 9 heteroatoms. The minimum Gasteiger partial charge on any atom is -0.410 e. The van der Waals surface area contributed by atoms with Crippen LogP contribution in [0, 0.1) is 13.8 Å². The van der Waals surface area contributed by atoms with Crippen molar-refractivity contribution in [3.05, 3.63) is 71.3 Å². The molecule has 1 aliphatic rings. The number of alkyl halides is 3. The first-order chi connectivity index (χ1) is 14.7. The predicted octanol–water partition coefficient (Wildman–Crippen LogP) is 5.17. The topological polar surface area (TPSA) is 64.6 Å². The molecule has 2 heterocycles. The molecule has 0 fully saturated rings. The number of aryl methyl sites for hydroxylation is 2. The molecular weight excluding hydrogens is 411 g/mol. The Hall–Kier alpha value is -3.62. The SMILES string of the molecule is Cc1nccc(CN2Cc3cc(-c4ccc(OC(F)(F)F)c(C)c4)ccc3OC2=O)n1. The summed E-state index contributed by atoms with van der Waals surface area (Å²) in [6, 6.07) is 11.5. The number of rotatable bonds is 4. The average molecular weight is 429 g/mol. The van der Waals surface area contributed by atoms with Crippen molar-refractivity contribution < 1.29 is 27.4 Å². The van der Waals surface area contributed by atoms with E-state index in [0.717, 1.165) is 16.7 Å². The maximum absolute atomic E-state index is 12.5. The van der Waals surface area contributed by atoms with Crippen molar-refractivity contribution in [1.82, 2.24) is 14.9 Å². The lowest BCUT2D eigenvalue weighted by molar-refractivity contribution is -0.274. The number of carbonyl (C=O) groups excluding carboxylic acids is 1. The molecule has 1 aliphatic heterocycles. The highest BCUT2D eigenvalue weighted by Gasteiger charge is 2.32. The summed E-state index contributed by atoms with van der Waals surface area (Å²) in [5, 5.41) is 0. The summed E-state index contributed by atoms with van der Waals surface area (Å²) in [5.74, 6) is 0.825. The van der Waals surface area contributed by atoms with Gasteiger partial charge in [0.05, 0.1) is 18.8 Å². The predicted molar refractivity (Wildman–Crippen MR) is 105 cm³/mol. The van der Waals surface area contributed by atoms with Crippen molar-refractivity contribution in [2.24, 2.45) is 0 Å². The van der Waals surface area contributed by atoms with Crippen LogP contribution in [0.25, 0.3) is 11.1 Å². The Labute approximate surface area is 176 Å². The second-order valence-corrected chi connectivity index (χ2v) is 7.17. The Morgan fingerprint density at radius 1 is 1.10 bits per heavy atom. The smallest absolute Gasteiger partial charge is 0.410 e. The van der Waals surface area contributed by atoms with Gasteiger partial charge in [0.15, 0.2) is 0 Å². The minimum absolute atomic E-state index is 0.241. The highest BCUT2D eigenvalue weighted by molar-refractivity contribution is 5.75. The highest BCUT2D eigenvalue weighted by Crippen LogP contribution is 2.34. The van der Waals surface area contributed by atoms with Crippen LogP contribution in [0.3, 0.4) is 0 Å². The molecule has 31 heavy (non-hydrogen) atoms. The highest BCUT2D eigenvalue weighted by atomic mass is 19.4. The zero-order valence-corrected chi connectivity index (χ0v) is 16.7. The number of nitrogens with zero attached hydrogens (tertiary/aromatic N) is 3. The molecule has 0 N–H and O–H groups in total. The number of fused-ring (bicyclic) bond motifs is 1. The van der Waals surface area contributed by atoms with Crippen LogP contribution < -0.4 is 9.47 Å². The van der Waals surface area contributed by atoms with Crippen LogP contribution >= 0.6 is 0 Å². The Morgan fingerprint density at radius 2 is 1.84 bits per heavy atom. The molecule has 6 nitrogen and oxygen atoms in total. The average Bonchev–Trinajstić information content (AvgIpc) is 2.69. The first kappa shape index (κ1) is 20.6. The second-order valence-electron chi connectivity index (χ2n) is 7.17. The van der Waals surface area contributed by atoms with Crippen LogP contribution in [0.1, 0.15) is 22.6 Å². The molecule has 0 saturated carbocycles. The van der Waals surface area contributed by atoms with Gasteiger partial charge >= 0.3 is 12.5 Å². The molecule has 0 spiro atoms. The van der Waals surface area contributed by atoms with E-state index in [-0.39, 0.29) is 12.3 Å². The van der Waals surface area contributed by atoms with Crippen LogP contribution in [0.5, 0.6) is 11.5 Å².